The Bertz CT molecular complexity index is 314. The van der Waals surface area contributed by atoms with Crippen LogP contribution in [0.3, 0.4) is 0 Å². The van der Waals surface area contributed by atoms with Gasteiger partial charge in [0.15, 0.2) is 0 Å². The van der Waals surface area contributed by atoms with Crippen LogP contribution < -0.4 is 0 Å². The molecule has 1 aliphatic carbocycles. The van der Waals surface area contributed by atoms with E-state index in [0.29, 0.717) is 0 Å². The highest BCUT2D eigenvalue weighted by atomic mass is 19.4. The summed E-state index contributed by atoms with van der Waals surface area (Å²) in [5.41, 5.74) is 0. The largest absolute Gasteiger partial charge is 0.391 e. The van der Waals surface area contributed by atoms with Crippen molar-refractivity contribution in [2.75, 3.05) is 27.3 Å². The Hall–Kier alpha value is -0.820. The molecule has 1 aliphatic rings. The number of nitrogens with zero attached hydrogens (tertiary/aromatic N) is 1. The van der Waals surface area contributed by atoms with Crippen LogP contribution in [-0.4, -0.2) is 55.5 Å². The van der Waals surface area contributed by atoms with Gasteiger partial charge >= 0.3 is 6.18 Å². The van der Waals surface area contributed by atoms with Crippen molar-refractivity contribution >= 4 is 5.91 Å². The third kappa shape index (κ3) is 4.94. The number of halogens is 3. The summed E-state index contributed by atoms with van der Waals surface area (Å²) in [6.07, 6.45) is -4.40. The maximum atomic E-state index is 12.5. The smallest absolute Gasteiger partial charge is 0.389 e. The minimum Gasteiger partial charge on any atom is -0.389 e. The molecular formula is C13H22F3NO3. The minimum absolute atomic E-state index is 0.00830. The lowest BCUT2D eigenvalue weighted by atomic mass is 9.81. The van der Waals surface area contributed by atoms with Gasteiger partial charge < -0.3 is 14.7 Å². The summed E-state index contributed by atoms with van der Waals surface area (Å²) in [4.78, 5) is 13.5. The number of aliphatic hydroxyl groups excluding tert-OH is 1. The zero-order valence-electron chi connectivity index (χ0n) is 11.8. The van der Waals surface area contributed by atoms with Crippen molar-refractivity contribution in [3.63, 3.8) is 0 Å². The van der Waals surface area contributed by atoms with Gasteiger partial charge in [0.1, 0.15) is 0 Å². The zero-order chi connectivity index (χ0) is 15.3. The molecule has 1 N–H and O–H groups in total. The maximum absolute atomic E-state index is 12.5. The van der Waals surface area contributed by atoms with Crippen LogP contribution in [-0.2, 0) is 9.53 Å². The quantitative estimate of drug-likeness (QED) is 0.842. The lowest BCUT2D eigenvalue weighted by Crippen LogP contribution is -2.41. The van der Waals surface area contributed by atoms with E-state index in [4.69, 9.17) is 4.74 Å². The van der Waals surface area contributed by atoms with Crippen LogP contribution in [0.2, 0.25) is 0 Å². The summed E-state index contributed by atoms with van der Waals surface area (Å²) >= 11 is 0. The number of alkyl halides is 3. The number of methoxy groups -OCH3 is 1. The average molecular weight is 297 g/mol. The van der Waals surface area contributed by atoms with E-state index in [1.54, 1.807) is 7.05 Å². The Balaban J connectivity index is 2.42. The second-order valence-corrected chi connectivity index (χ2v) is 5.42. The molecule has 0 aromatic heterocycles. The van der Waals surface area contributed by atoms with Crippen LogP contribution in [0.25, 0.3) is 0 Å². The molecule has 118 valence electrons. The third-order valence-corrected chi connectivity index (χ3v) is 3.76. The van der Waals surface area contributed by atoms with Gasteiger partial charge in [-0.15, -0.1) is 0 Å². The fraction of sp³-hybridized carbons (Fsp3) is 0.923. The van der Waals surface area contributed by atoms with Crippen LogP contribution in [0.5, 0.6) is 0 Å². The van der Waals surface area contributed by atoms with E-state index in [1.165, 1.54) is 12.0 Å². The number of likely N-dealkylation sites (N-methyl/N-ethyl adjacent to an activating group) is 1. The molecule has 0 saturated heterocycles. The van der Waals surface area contributed by atoms with Gasteiger partial charge in [-0.2, -0.15) is 13.2 Å². The van der Waals surface area contributed by atoms with Crippen molar-refractivity contribution in [2.24, 2.45) is 11.8 Å². The predicted octanol–water partition coefficient (Wildman–Crippen LogP) is 1.82. The first-order valence-corrected chi connectivity index (χ1v) is 6.74. The summed E-state index contributed by atoms with van der Waals surface area (Å²) in [5, 5.41) is 9.55. The first-order valence-electron chi connectivity index (χ1n) is 6.74. The van der Waals surface area contributed by atoms with E-state index in [0.717, 1.165) is 0 Å². The number of aliphatic hydroxyl groups is 1. The fourth-order valence-electron chi connectivity index (χ4n) is 2.63. The Morgan fingerprint density at radius 2 is 1.90 bits per heavy atom. The average Bonchev–Trinajstić information content (AvgIpc) is 2.37. The van der Waals surface area contributed by atoms with Crippen LogP contribution in [0.1, 0.15) is 25.7 Å². The van der Waals surface area contributed by atoms with E-state index in [-0.39, 0.29) is 50.7 Å². The SMILES string of the molecule is COCC(O)CN(C)C(=O)C1CCC(C(F)(F)F)CC1. The fourth-order valence-corrected chi connectivity index (χ4v) is 2.63. The normalized spacial score (nSPS) is 25.3. The number of carbonyl (C=O) groups is 1. The van der Waals surface area contributed by atoms with E-state index in [1.807, 2.05) is 0 Å². The van der Waals surface area contributed by atoms with E-state index in [2.05, 4.69) is 0 Å². The van der Waals surface area contributed by atoms with Gasteiger partial charge in [-0.25, -0.2) is 0 Å². The van der Waals surface area contributed by atoms with Crippen LogP contribution in [0, 0.1) is 11.8 Å². The number of ether oxygens (including phenoxy) is 1. The number of carbonyl (C=O) groups excluding carboxylic acids is 1. The predicted molar refractivity (Wildman–Crippen MR) is 67.0 cm³/mol. The van der Waals surface area contributed by atoms with Gasteiger partial charge in [0.05, 0.1) is 18.6 Å². The summed E-state index contributed by atoms with van der Waals surface area (Å²) in [7, 11) is 3.00. The molecule has 1 unspecified atom stereocenters. The van der Waals surface area contributed by atoms with Gasteiger partial charge in [-0.3, -0.25) is 4.79 Å². The van der Waals surface area contributed by atoms with Crippen molar-refractivity contribution in [2.45, 2.75) is 38.0 Å². The molecule has 1 atom stereocenters. The maximum Gasteiger partial charge on any atom is 0.391 e. The molecule has 1 amide bonds. The second-order valence-electron chi connectivity index (χ2n) is 5.42. The first kappa shape index (κ1) is 17.2. The number of rotatable bonds is 5. The number of hydrogen-bond acceptors (Lipinski definition) is 3. The summed E-state index contributed by atoms with van der Waals surface area (Å²) in [6.45, 7) is 0.254. The second kappa shape index (κ2) is 7.26. The highest BCUT2D eigenvalue weighted by Gasteiger charge is 2.42. The van der Waals surface area contributed by atoms with Crippen molar-refractivity contribution in [1.82, 2.24) is 4.90 Å². The van der Waals surface area contributed by atoms with E-state index >= 15 is 0 Å². The highest BCUT2D eigenvalue weighted by Crippen LogP contribution is 2.39. The number of hydrogen-bond donors (Lipinski definition) is 1. The summed E-state index contributed by atoms with van der Waals surface area (Å²) in [6, 6.07) is 0. The highest BCUT2D eigenvalue weighted by molar-refractivity contribution is 5.78. The van der Waals surface area contributed by atoms with Crippen molar-refractivity contribution in [3.05, 3.63) is 0 Å². The van der Waals surface area contributed by atoms with E-state index < -0.39 is 18.2 Å². The standard InChI is InChI=1S/C13H22F3NO3/c1-17(7-11(18)8-20-2)12(19)9-3-5-10(6-4-9)13(14,15)16/h9-11,18H,3-8H2,1-2H3. The third-order valence-electron chi connectivity index (χ3n) is 3.76. The molecule has 20 heavy (non-hydrogen) atoms. The monoisotopic (exact) mass is 297 g/mol. The zero-order valence-corrected chi connectivity index (χ0v) is 11.8. The van der Waals surface area contributed by atoms with Crippen LogP contribution in [0.4, 0.5) is 13.2 Å². The molecule has 1 rings (SSSR count). The van der Waals surface area contributed by atoms with Gasteiger partial charge in [0, 0.05) is 26.6 Å². The lowest BCUT2D eigenvalue weighted by molar-refractivity contribution is -0.185. The summed E-state index contributed by atoms with van der Waals surface area (Å²) < 4.78 is 42.4. The van der Waals surface area contributed by atoms with Crippen molar-refractivity contribution in [1.29, 1.82) is 0 Å². The molecular weight excluding hydrogens is 275 g/mol. The minimum atomic E-state index is -4.16. The van der Waals surface area contributed by atoms with Crippen LogP contribution >= 0.6 is 0 Å². The molecule has 0 aromatic carbocycles. The topological polar surface area (TPSA) is 49.8 Å². The summed E-state index contributed by atoms with van der Waals surface area (Å²) in [5.74, 6) is -1.84. The van der Waals surface area contributed by atoms with Crippen molar-refractivity contribution < 1.29 is 27.8 Å². The lowest BCUT2D eigenvalue weighted by Gasteiger charge is -2.32. The van der Waals surface area contributed by atoms with Gasteiger partial charge in [0.25, 0.3) is 0 Å². The molecule has 0 heterocycles. The van der Waals surface area contributed by atoms with E-state index in [9.17, 15) is 23.1 Å². The Morgan fingerprint density at radius 3 is 2.35 bits per heavy atom. The number of amides is 1. The molecule has 0 bridgehead atoms. The molecule has 1 fully saturated rings. The van der Waals surface area contributed by atoms with Gasteiger partial charge in [-0.1, -0.05) is 0 Å². The Labute approximate surface area is 116 Å². The first-order chi connectivity index (χ1) is 9.25. The molecule has 0 aliphatic heterocycles. The molecule has 0 radical (unpaired) electrons. The molecule has 0 aromatic rings. The molecule has 1 saturated carbocycles. The van der Waals surface area contributed by atoms with Gasteiger partial charge in [-0.05, 0) is 25.7 Å². The van der Waals surface area contributed by atoms with Crippen LogP contribution in [0.15, 0.2) is 0 Å². The van der Waals surface area contributed by atoms with Gasteiger partial charge in [0.2, 0.25) is 5.91 Å². The molecule has 4 nitrogen and oxygen atoms in total. The molecule has 7 heteroatoms. The Morgan fingerprint density at radius 1 is 1.35 bits per heavy atom. The van der Waals surface area contributed by atoms with Crippen molar-refractivity contribution in [3.8, 4) is 0 Å². The Kier molecular flexibility index (Phi) is 6.26. The molecule has 0 spiro atoms.